The van der Waals surface area contributed by atoms with Gasteiger partial charge in [-0.1, -0.05) is 15.9 Å². The van der Waals surface area contributed by atoms with E-state index in [2.05, 4.69) is 15.9 Å². The minimum Gasteiger partial charge on any atom is -0.322 e. The van der Waals surface area contributed by atoms with Gasteiger partial charge in [-0.25, -0.2) is 8.78 Å². The molecule has 1 rings (SSSR count). The highest BCUT2D eigenvalue weighted by Crippen LogP contribution is 2.29. The fraction of sp³-hybridized carbons (Fsp3) is 0.333. The molecule has 1 nitrogen and oxygen atoms in total. The summed E-state index contributed by atoms with van der Waals surface area (Å²) in [6.07, 6.45) is 0. The maximum Gasteiger partial charge on any atom is 0.132 e. The van der Waals surface area contributed by atoms with E-state index in [-0.39, 0.29) is 5.56 Å². The maximum atomic E-state index is 13.3. The van der Waals surface area contributed by atoms with Crippen molar-refractivity contribution in [1.29, 1.82) is 0 Å². The molecule has 0 spiro atoms. The number of rotatable bonds is 1. The minimum absolute atomic E-state index is 0.286. The van der Waals surface area contributed by atoms with Crippen LogP contribution in [0.2, 0.25) is 0 Å². The summed E-state index contributed by atoms with van der Waals surface area (Å²) in [4.78, 5) is 0. The van der Waals surface area contributed by atoms with Crippen molar-refractivity contribution in [1.82, 2.24) is 0 Å². The number of hydrogen-bond donors (Lipinski definition) is 1. The summed E-state index contributed by atoms with van der Waals surface area (Å²) in [6, 6.07) is 2.03. The molecule has 0 saturated heterocycles. The van der Waals surface area contributed by atoms with Gasteiger partial charge in [0.15, 0.2) is 0 Å². The van der Waals surface area contributed by atoms with Crippen molar-refractivity contribution in [3.8, 4) is 0 Å². The predicted molar refractivity (Wildman–Crippen MR) is 51.3 cm³/mol. The molecule has 0 aromatic heterocycles. The molecule has 13 heavy (non-hydrogen) atoms. The average Bonchev–Trinajstić information content (AvgIpc) is 1.78. The molecule has 2 N–H and O–H groups in total. The lowest BCUT2D eigenvalue weighted by Crippen LogP contribution is -2.30. The van der Waals surface area contributed by atoms with Crippen LogP contribution in [0.15, 0.2) is 16.6 Å². The molecule has 0 unspecified atom stereocenters. The van der Waals surface area contributed by atoms with Crippen LogP contribution in [0.5, 0.6) is 0 Å². The zero-order chi connectivity index (χ0) is 10.2. The van der Waals surface area contributed by atoms with Crippen LogP contribution in [0, 0.1) is 11.6 Å². The minimum atomic E-state index is -0.823. The van der Waals surface area contributed by atoms with Crippen LogP contribution in [0.3, 0.4) is 0 Å². The van der Waals surface area contributed by atoms with Crippen LogP contribution in [-0.4, -0.2) is 0 Å². The number of benzene rings is 1. The van der Waals surface area contributed by atoms with Crippen molar-refractivity contribution in [3.05, 3.63) is 33.8 Å². The molecular weight excluding hydrogens is 240 g/mol. The highest BCUT2D eigenvalue weighted by atomic mass is 79.9. The lowest BCUT2D eigenvalue weighted by Gasteiger charge is -2.21. The Hall–Kier alpha value is -0.480. The van der Waals surface area contributed by atoms with Crippen molar-refractivity contribution in [2.75, 3.05) is 0 Å². The Balaban J connectivity index is 3.38. The molecule has 0 heterocycles. The smallest absolute Gasteiger partial charge is 0.132 e. The predicted octanol–water partition coefficient (Wildman–Crippen LogP) is 2.92. The third-order valence-corrected chi connectivity index (χ3v) is 2.28. The fourth-order valence-corrected chi connectivity index (χ4v) is 2.08. The molecule has 0 saturated carbocycles. The van der Waals surface area contributed by atoms with Crippen molar-refractivity contribution in [3.63, 3.8) is 0 Å². The molecule has 1 aromatic rings. The third-order valence-electron chi connectivity index (χ3n) is 1.65. The van der Waals surface area contributed by atoms with Gasteiger partial charge in [0.1, 0.15) is 11.6 Å². The Kier molecular flexibility index (Phi) is 2.73. The summed E-state index contributed by atoms with van der Waals surface area (Å²) in [5, 5.41) is 0. The Morgan fingerprint density at radius 1 is 1.31 bits per heavy atom. The summed E-state index contributed by atoms with van der Waals surface area (Å²) < 4.78 is 26.3. The van der Waals surface area contributed by atoms with Gasteiger partial charge >= 0.3 is 0 Å². The van der Waals surface area contributed by atoms with E-state index in [9.17, 15) is 8.78 Å². The van der Waals surface area contributed by atoms with Gasteiger partial charge in [0.2, 0.25) is 0 Å². The van der Waals surface area contributed by atoms with Crippen molar-refractivity contribution in [2.24, 2.45) is 5.73 Å². The van der Waals surface area contributed by atoms with E-state index in [1.54, 1.807) is 13.8 Å². The Bertz CT molecular complexity index is 308. The fourth-order valence-electron chi connectivity index (χ4n) is 1.16. The average molecular weight is 250 g/mol. The van der Waals surface area contributed by atoms with Crippen LogP contribution in [-0.2, 0) is 5.54 Å². The monoisotopic (exact) mass is 249 g/mol. The van der Waals surface area contributed by atoms with Gasteiger partial charge in [-0.15, -0.1) is 0 Å². The molecule has 0 aliphatic carbocycles. The van der Waals surface area contributed by atoms with Gasteiger partial charge in [0.05, 0.1) is 0 Å². The molecule has 0 radical (unpaired) electrons. The van der Waals surface area contributed by atoms with E-state index in [1.807, 2.05) is 0 Å². The lowest BCUT2D eigenvalue weighted by molar-refractivity contribution is 0.490. The molecule has 0 fully saturated rings. The first-order valence-corrected chi connectivity index (χ1v) is 4.55. The molecule has 72 valence electrons. The summed E-state index contributed by atoms with van der Waals surface area (Å²) in [6.45, 7) is 3.32. The van der Waals surface area contributed by atoms with Crippen LogP contribution >= 0.6 is 15.9 Å². The molecule has 0 aliphatic rings. The molecule has 0 amide bonds. The van der Waals surface area contributed by atoms with Crippen LogP contribution < -0.4 is 5.73 Å². The van der Waals surface area contributed by atoms with Crippen molar-refractivity contribution >= 4 is 15.9 Å². The summed E-state index contributed by atoms with van der Waals surface area (Å²) in [5.41, 5.74) is 5.18. The van der Waals surface area contributed by atoms with Gasteiger partial charge < -0.3 is 5.73 Å². The topological polar surface area (TPSA) is 26.0 Å². The van der Waals surface area contributed by atoms with Gasteiger partial charge in [0, 0.05) is 21.6 Å². The summed E-state index contributed by atoms with van der Waals surface area (Å²) in [7, 11) is 0. The number of halogens is 3. The second-order valence-electron chi connectivity index (χ2n) is 3.47. The highest BCUT2D eigenvalue weighted by molar-refractivity contribution is 9.10. The highest BCUT2D eigenvalue weighted by Gasteiger charge is 2.22. The molecule has 0 bridgehead atoms. The summed E-state index contributed by atoms with van der Waals surface area (Å²) in [5.74, 6) is -1.24. The Morgan fingerprint density at radius 2 is 1.85 bits per heavy atom. The molecule has 1 aromatic carbocycles. The normalized spacial score (nSPS) is 11.8. The zero-order valence-electron chi connectivity index (χ0n) is 7.37. The molecular formula is C9H10BrF2N. The Morgan fingerprint density at radius 3 is 2.23 bits per heavy atom. The first-order valence-electron chi connectivity index (χ1n) is 3.76. The first kappa shape index (κ1) is 10.6. The SMILES string of the molecule is CC(C)(N)c1c(F)cc(F)cc1Br. The standard InChI is InChI=1S/C9H10BrF2N/c1-9(2,13)8-6(10)3-5(11)4-7(8)12/h3-4H,13H2,1-2H3. The number of nitrogens with two attached hydrogens (primary N) is 1. The Labute approximate surface area is 84.1 Å². The van der Waals surface area contributed by atoms with Crippen molar-refractivity contribution < 1.29 is 8.78 Å². The van der Waals surface area contributed by atoms with E-state index in [1.165, 1.54) is 6.07 Å². The third kappa shape index (κ3) is 2.25. The molecule has 0 aliphatic heterocycles. The molecule has 4 heteroatoms. The van der Waals surface area contributed by atoms with E-state index >= 15 is 0 Å². The van der Waals surface area contributed by atoms with Gasteiger partial charge in [-0.3, -0.25) is 0 Å². The first-order chi connectivity index (χ1) is 5.82. The molecule has 0 atom stereocenters. The van der Waals surface area contributed by atoms with Crippen LogP contribution in [0.25, 0.3) is 0 Å². The van der Waals surface area contributed by atoms with E-state index in [4.69, 9.17) is 5.73 Å². The van der Waals surface area contributed by atoms with E-state index < -0.39 is 17.2 Å². The largest absolute Gasteiger partial charge is 0.322 e. The summed E-state index contributed by atoms with van der Waals surface area (Å²) >= 11 is 3.07. The zero-order valence-corrected chi connectivity index (χ0v) is 8.95. The second kappa shape index (κ2) is 3.35. The van der Waals surface area contributed by atoms with Gasteiger partial charge in [0.25, 0.3) is 0 Å². The quantitative estimate of drug-likeness (QED) is 0.814. The van der Waals surface area contributed by atoms with E-state index in [0.29, 0.717) is 4.47 Å². The lowest BCUT2D eigenvalue weighted by atomic mass is 9.95. The van der Waals surface area contributed by atoms with Crippen LogP contribution in [0.1, 0.15) is 19.4 Å². The second-order valence-corrected chi connectivity index (χ2v) is 4.32. The van der Waals surface area contributed by atoms with E-state index in [0.717, 1.165) is 6.07 Å². The van der Waals surface area contributed by atoms with Gasteiger partial charge in [-0.05, 0) is 19.9 Å². The van der Waals surface area contributed by atoms with Gasteiger partial charge in [-0.2, -0.15) is 0 Å². The maximum absolute atomic E-state index is 13.3. The number of hydrogen-bond acceptors (Lipinski definition) is 1. The van der Waals surface area contributed by atoms with Crippen molar-refractivity contribution in [2.45, 2.75) is 19.4 Å². The van der Waals surface area contributed by atoms with Crippen LogP contribution in [0.4, 0.5) is 8.78 Å².